The normalized spacial score (nSPS) is 19.2. The third kappa shape index (κ3) is 10.5. The average molecular weight is 722 g/mol. The average Bonchev–Trinajstić information content (AvgIpc) is 3.42. The first-order chi connectivity index (χ1) is 22.5. The van der Waals surface area contributed by atoms with Crippen molar-refractivity contribution in [3.8, 4) is 0 Å². The third-order valence-corrected chi connectivity index (χ3v) is 8.62. The quantitative estimate of drug-likeness (QED) is 0.0676. The summed E-state index contributed by atoms with van der Waals surface area (Å²) in [6, 6.07) is 29.5. The zero-order valence-corrected chi connectivity index (χ0v) is 28.8. The van der Waals surface area contributed by atoms with Crippen molar-refractivity contribution in [2.24, 2.45) is 0 Å². The van der Waals surface area contributed by atoms with Crippen LogP contribution in [0.5, 0.6) is 0 Å². The number of alkyl halides is 3. The van der Waals surface area contributed by atoms with Crippen LogP contribution in [0.2, 0.25) is 0 Å². The van der Waals surface area contributed by atoms with Crippen LogP contribution in [0.25, 0.3) is 0 Å². The summed E-state index contributed by atoms with van der Waals surface area (Å²) in [5.74, 6) is -1.30. The van der Waals surface area contributed by atoms with Crippen LogP contribution < -0.4 is 0 Å². The molecule has 0 N–H and O–H groups in total. The fraction of sp³-hybridized carbons (Fsp3) is 0.361. The van der Waals surface area contributed by atoms with Crippen LogP contribution in [0, 0.1) is 0 Å². The Bertz CT molecular complexity index is 1380. The Morgan fingerprint density at radius 2 is 1.45 bits per heavy atom. The van der Waals surface area contributed by atoms with Gasteiger partial charge in [-0.05, 0) is 29.5 Å². The topological polar surface area (TPSA) is 88.1 Å². The highest BCUT2D eigenvalue weighted by atomic mass is 35.6. The van der Waals surface area contributed by atoms with Crippen molar-refractivity contribution >= 4 is 64.6 Å². The molecule has 1 fully saturated rings. The van der Waals surface area contributed by atoms with Crippen LogP contribution >= 0.6 is 46.4 Å². The standard InChI is InChI=1S/C36H36Cl4O7/c1-25(42)45-31(30(37)18-11-20-35(38,39)40)23-34(43)47-32-22-29(19-21-41)46-33(32)24-44-36(26-12-5-2-6-13-26,27-14-7-3-8-15-27)28-16-9-4-10-17-28/h2-10,12-18,21,29,31-33H,11,19-20,22-24H2,1H3/b30-18-/t29-,31-,32-,33-/m1/s1. The van der Waals surface area contributed by atoms with Crippen molar-refractivity contribution in [1.29, 1.82) is 0 Å². The molecule has 4 atom stereocenters. The lowest BCUT2D eigenvalue weighted by molar-refractivity contribution is -0.159. The Labute approximate surface area is 295 Å². The molecule has 4 rings (SSSR count). The van der Waals surface area contributed by atoms with Gasteiger partial charge in [0.1, 0.15) is 30.2 Å². The van der Waals surface area contributed by atoms with Gasteiger partial charge in [0.25, 0.3) is 0 Å². The molecule has 1 aliphatic rings. The van der Waals surface area contributed by atoms with E-state index < -0.39 is 45.7 Å². The van der Waals surface area contributed by atoms with Crippen LogP contribution in [0.4, 0.5) is 0 Å². The molecule has 1 aliphatic heterocycles. The number of hydrogen-bond donors (Lipinski definition) is 0. The summed E-state index contributed by atoms with van der Waals surface area (Å²) >= 11 is 23.9. The monoisotopic (exact) mass is 720 g/mol. The Morgan fingerprint density at radius 1 is 0.915 bits per heavy atom. The smallest absolute Gasteiger partial charge is 0.310 e. The molecule has 0 spiro atoms. The van der Waals surface area contributed by atoms with E-state index in [1.54, 1.807) is 0 Å². The number of esters is 2. The van der Waals surface area contributed by atoms with Gasteiger partial charge in [0.2, 0.25) is 0 Å². The Balaban J connectivity index is 1.58. The second-order valence-electron chi connectivity index (χ2n) is 11.1. The molecule has 7 nitrogen and oxygen atoms in total. The van der Waals surface area contributed by atoms with Gasteiger partial charge >= 0.3 is 11.9 Å². The lowest BCUT2D eigenvalue weighted by Gasteiger charge is -2.37. The number of benzene rings is 3. The second kappa shape index (κ2) is 17.5. The molecule has 11 heteroatoms. The SMILES string of the molecule is CC(=O)O[C@H](CC(=O)O[C@@H]1C[C@@H](CC=O)O[C@@H]1COC(c1ccccc1)(c1ccccc1)c1ccccc1)/C(Cl)=C/CCC(Cl)(Cl)Cl. The second-order valence-corrected chi connectivity index (χ2v) is 14.1. The maximum Gasteiger partial charge on any atom is 0.310 e. The molecule has 0 radical (unpaired) electrons. The van der Waals surface area contributed by atoms with Gasteiger partial charge in [0.05, 0.1) is 24.2 Å². The molecule has 0 aliphatic carbocycles. The number of carbonyl (C=O) groups is 3. The molecular formula is C36H36Cl4O7. The van der Waals surface area contributed by atoms with Crippen LogP contribution in [-0.4, -0.2) is 53.0 Å². The first-order valence-corrected chi connectivity index (χ1v) is 16.7. The van der Waals surface area contributed by atoms with Gasteiger partial charge in [0.15, 0.2) is 3.79 Å². The summed E-state index contributed by atoms with van der Waals surface area (Å²) in [6.45, 7) is 1.24. The van der Waals surface area contributed by atoms with Gasteiger partial charge in [-0.1, -0.05) is 143 Å². The summed E-state index contributed by atoms with van der Waals surface area (Å²) in [7, 11) is 0. The summed E-state index contributed by atoms with van der Waals surface area (Å²) in [4.78, 5) is 36.5. The Kier molecular flexibility index (Phi) is 13.7. The van der Waals surface area contributed by atoms with Gasteiger partial charge in [-0.15, -0.1) is 0 Å². The summed E-state index contributed by atoms with van der Waals surface area (Å²) in [5, 5.41) is 0.103. The molecular weight excluding hydrogens is 686 g/mol. The molecule has 0 unspecified atom stereocenters. The number of carbonyl (C=O) groups excluding carboxylic acids is 3. The number of ether oxygens (including phenoxy) is 4. The fourth-order valence-corrected chi connectivity index (χ4v) is 6.13. The van der Waals surface area contributed by atoms with Crippen molar-refractivity contribution in [2.45, 2.75) is 72.8 Å². The first kappa shape index (κ1) is 36.9. The van der Waals surface area contributed by atoms with Gasteiger partial charge in [-0.25, -0.2) is 0 Å². The van der Waals surface area contributed by atoms with Crippen LogP contribution in [0.3, 0.4) is 0 Å². The highest BCUT2D eigenvalue weighted by Crippen LogP contribution is 2.41. The molecule has 3 aromatic rings. The zero-order valence-electron chi connectivity index (χ0n) is 25.7. The van der Waals surface area contributed by atoms with Gasteiger partial charge in [-0.3, -0.25) is 9.59 Å². The van der Waals surface area contributed by atoms with E-state index in [0.717, 1.165) is 23.0 Å². The Morgan fingerprint density at radius 3 is 1.91 bits per heavy atom. The van der Waals surface area contributed by atoms with Crippen molar-refractivity contribution in [3.05, 3.63) is 119 Å². The van der Waals surface area contributed by atoms with E-state index in [0.29, 0.717) is 0 Å². The van der Waals surface area contributed by atoms with Crippen LogP contribution in [0.15, 0.2) is 102 Å². The summed E-state index contributed by atoms with van der Waals surface area (Å²) in [6.07, 6.45) is -0.234. The van der Waals surface area contributed by atoms with Crippen molar-refractivity contribution in [3.63, 3.8) is 0 Å². The van der Waals surface area contributed by atoms with E-state index in [4.69, 9.17) is 65.4 Å². The minimum absolute atomic E-state index is 0.0248. The molecule has 0 amide bonds. The predicted molar refractivity (Wildman–Crippen MR) is 183 cm³/mol. The first-order valence-electron chi connectivity index (χ1n) is 15.2. The van der Waals surface area contributed by atoms with Crippen molar-refractivity contribution in [1.82, 2.24) is 0 Å². The van der Waals surface area contributed by atoms with Crippen molar-refractivity contribution < 1.29 is 33.3 Å². The maximum atomic E-state index is 13.3. The molecule has 0 bridgehead atoms. The lowest BCUT2D eigenvalue weighted by Crippen LogP contribution is -2.39. The molecule has 1 saturated heterocycles. The highest BCUT2D eigenvalue weighted by Gasteiger charge is 2.43. The molecule has 3 aromatic carbocycles. The molecule has 47 heavy (non-hydrogen) atoms. The fourth-order valence-electron chi connectivity index (χ4n) is 5.58. The molecule has 1 heterocycles. The van der Waals surface area contributed by atoms with Gasteiger partial charge in [0, 0.05) is 19.8 Å². The van der Waals surface area contributed by atoms with E-state index in [2.05, 4.69) is 0 Å². The minimum Gasteiger partial charge on any atom is -0.459 e. The number of hydrogen-bond acceptors (Lipinski definition) is 7. The summed E-state index contributed by atoms with van der Waals surface area (Å²) < 4.78 is 22.9. The largest absolute Gasteiger partial charge is 0.459 e. The number of rotatable bonds is 15. The van der Waals surface area contributed by atoms with Gasteiger partial charge < -0.3 is 23.7 Å². The van der Waals surface area contributed by atoms with Crippen LogP contribution in [0.1, 0.15) is 55.7 Å². The molecule has 0 saturated carbocycles. The van der Waals surface area contributed by atoms with Gasteiger partial charge in [-0.2, -0.15) is 0 Å². The third-order valence-electron chi connectivity index (χ3n) is 7.66. The maximum absolute atomic E-state index is 13.3. The Hall–Kier alpha value is -2.91. The number of aldehydes is 1. The minimum atomic E-state index is -1.49. The lowest BCUT2D eigenvalue weighted by atomic mass is 9.80. The number of allylic oxidation sites excluding steroid dienone is 1. The number of halogens is 4. The van der Waals surface area contributed by atoms with Crippen molar-refractivity contribution in [2.75, 3.05) is 6.61 Å². The summed E-state index contributed by atoms with van der Waals surface area (Å²) in [5.41, 5.74) is 1.66. The van der Waals surface area contributed by atoms with E-state index in [-0.39, 0.29) is 43.7 Å². The highest BCUT2D eigenvalue weighted by molar-refractivity contribution is 6.67. The van der Waals surface area contributed by atoms with Crippen LogP contribution in [-0.2, 0) is 38.9 Å². The molecule has 250 valence electrons. The van der Waals surface area contributed by atoms with E-state index in [1.165, 1.54) is 13.0 Å². The zero-order chi connectivity index (χ0) is 33.9. The molecule has 0 aromatic heterocycles. The van der Waals surface area contributed by atoms with E-state index in [9.17, 15) is 14.4 Å². The van der Waals surface area contributed by atoms with E-state index >= 15 is 0 Å². The predicted octanol–water partition coefficient (Wildman–Crippen LogP) is 8.25. The van der Waals surface area contributed by atoms with E-state index in [1.807, 2.05) is 91.0 Å².